The van der Waals surface area contributed by atoms with Crippen LogP contribution in [-0.2, 0) is 21.0 Å². The highest BCUT2D eigenvalue weighted by molar-refractivity contribution is 5.87. The van der Waals surface area contributed by atoms with Gasteiger partial charge in [-0.1, -0.05) is 101 Å². The molecule has 6 heteroatoms. The molecule has 3 atom stereocenters. The predicted octanol–water partition coefficient (Wildman–Crippen LogP) is 4.88. The number of hydrogen-bond acceptors (Lipinski definition) is 4. The maximum Gasteiger partial charge on any atom is 0.248 e. The minimum atomic E-state index is -0.635. The van der Waals surface area contributed by atoms with E-state index in [1.165, 1.54) is 0 Å². The van der Waals surface area contributed by atoms with E-state index in [1.54, 1.807) is 0 Å². The van der Waals surface area contributed by atoms with Crippen LogP contribution in [0.1, 0.15) is 51.7 Å². The summed E-state index contributed by atoms with van der Waals surface area (Å²) in [6.07, 6.45) is 5.35. The lowest BCUT2D eigenvalue weighted by atomic mass is 9.73. The minimum Gasteiger partial charge on any atom is -0.294 e. The Balaban J connectivity index is 2.34. The van der Waals surface area contributed by atoms with Crippen LogP contribution < -0.4 is 16.7 Å². The molecular formula is C28H39N3O3. The molecule has 2 amide bonds. The first-order valence-electron chi connectivity index (χ1n) is 12.0. The number of nitrogens with two attached hydrogens (primary N) is 1. The van der Waals surface area contributed by atoms with E-state index in [0.29, 0.717) is 12.3 Å². The normalized spacial score (nSPS) is 14.2. The van der Waals surface area contributed by atoms with Crippen molar-refractivity contribution in [2.75, 3.05) is 0 Å². The zero-order valence-corrected chi connectivity index (χ0v) is 20.7. The molecule has 0 heterocycles. The van der Waals surface area contributed by atoms with Crippen molar-refractivity contribution < 1.29 is 14.4 Å². The van der Waals surface area contributed by atoms with E-state index < -0.39 is 11.8 Å². The van der Waals surface area contributed by atoms with Crippen molar-refractivity contribution >= 4 is 17.9 Å². The summed E-state index contributed by atoms with van der Waals surface area (Å²) in [6, 6.07) is 19.6. The van der Waals surface area contributed by atoms with Gasteiger partial charge in [-0.15, -0.1) is 0 Å². The van der Waals surface area contributed by atoms with Crippen molar-refractivity contribution in [3.63, 3.8) is 0 Å². The molecule has 184 valence electrons. The molecule has 2 rings (SSSR count). The Morgan fingerprint density at radius 3 is 2.03 bits per heavy atom. The Morgan fingerprint density at radius 1 is 0.882 bits per heavy atom. The van der Waals surface area contributed by atoms with E-state index in [-0.39, 0.29) is 30.3 Å². The second-order valence-corrected chi connectivity index (χ2v) is 9.57. The Bertz CT molecular complexity index is 898. The van der Waals surface area contributed by atoms with Crippen molar-refractivity contribution in [3.8, 4) is 0 Å². The quantitative estimate of drug-likeness (QED) is 0.223. The number of carbonyl (C=O) groups is 2. The van der Waals surface area contributed by atoms with Gasteiger partial charge in [0, 0.05) is 0 Å². The minimum absolute atomic E-state index is 0.179. The fraction of sp³-hybridized carbons (Fsp3) is 0.429. The van der Waals surface area contributed by atoms with E-state index in [0.717, 1.165) is 17.5 Å². The van der Waals surface area contributed by atoms with Crippen LogP contribution in [0, 0.1) is 29.6 Å². The molecule has 0 saturated carbocycles. The molecule has 0 fully saturated rings. The average molecular weight is 466 g/mol. The maximum atomic E-state index is 13.5. The summed E-state index contributed by atoms with van der Waals surface area (Å²) in [5.41, 5.74) is 6.89. The number of hydrazine groups is 1. The highest BCUT2D eigenvalue weighted by atomic mass is 16.6. The van der Waals surface area contributed by atoms with Crippen molar-refractivity contribution in [2.24, 2.45) is 35.4 Å². The molecule has 0 bridgehead atoms. The third-order valence-electron chi connectivity index (χ3n) is 5.74. The van der Waals surface area contributed by atoms with Crippen molar-refractivity contribution in [1.82, 2.24) is 10.9 Å². The lowest BCUT2D eigenvalue weighted by molar-refractivity contribution is -0.147. The largest absolute Gasteiger partial charge is 0.294 e. The summed E-state index contributed by atoms with van der Waals surface area (Å²) in [4.78, 5) is 32.0. The van der Waals surface area contributed by atoms with Gasteiger partial charge < -0.3 is 0 Å². The molecule has 6 nitrogen and oxygen atoms in total. The standard InChI is InChI=1S/C28H39N3O3/c1-20(2)17-24(16-15-22-11-7-5-8-12-22)26(25(18-21(3)4)27(32)30-29)28(33)31-34-19-23-13-9-6-10-14-23/h5-16,20-21,24-26H,17-19,29H2,1-4H3,(H,30,32)(H,31,33)/b16-15+/t24?,25-,26+/m1/s1. The van der Waals surface area contributed by atoms with E-state index in [9.17, 15) is 9.59 Å². The van der Waals surface area contributed by atoms with Crippen LogP contribution >= 0.6 is 0 Å². The second-order valence-electron chi connectivity index (χ2n) is 9.57. The molecule has 0 spiro atoms. The van der Waals surface area contributed by atoms with Crippen LogP contribution in [0.4, 0.5) is 0 Å². The molecule has 0 aliphatic rings. The van der Waals surface area contributed by atoms with Crippen LogP contribution in [-0.4, -0.2) is 11.8 Å². The number of carbonyl (C=O) groups excluding carboxylic acids is 2. The van der Waals surface area contributed by atoms with Gasteiger partial charge in [0.15, 0.2) is 0 Å². The van der Waals surface area contributed by atoms with Gasteiger partial charge in [0.05, 0.1) is 18.4 Å². The Labute approximate surface area is 203 Å². The van der Waals surface area contributed by atoms with Gasteiger partial charge in [-0.05, 0) is 41.7 Å². The molecule has 2 aromatic carbocycles. The number of hydroxylamine groups is 1. The summed E-state index contributed by atoms with van der Waals surface area (Å²) < 4.78 is 0. The summed E-state index contributed by atoms with van der Waals surface area (Å²) in [6.45, 7) is 8.55. The molecule has 2 aromatic rings. The maximum absolute atomic E-state index is 13.5. The fourth-order valence-electron chi connectivity index (χ4n) is 4.23. The molecule has 0 radical (unpaired) electrons. The van der Waals surface area contributed by atoms with Crippen molar-refractivity contribution in [1.29, 1.82) is 0 Å². The monoisotopic (exact) mass is 465 g/mol. The lowest BCUT2D eigenvalue weighted by Crippen LogP contribution is -2.47. The highest BCUT2D eigenvalue weighted by Crippen LogP contribution is 2.33. The Kier molecular flexibility index (Phi) is 11.5. The third kappa shape index (κ3) is 9.12. The number of amides is 2. The topological polar surface area (TPSA) is 93.4 Å². The van der Waals surface area contributed by atoms with Gasteiger partial charge in [-0.25, -0.2) is 11.3 Å². The summed E-state index contributed by atoms with van der Waals surface area (Å²) in [5.74, 6) is 4.03. The van der Waals surface area contributed by atoms with Crippen LogP contribution in [0.3, 0.4) is 0 Å². The molecule has 34 heavy (non-hydrogen) atoms. The van der Waals surface area contributed by atoms with Gasteiger partial charge >= 0.3 is 0 Å². The van der Waals surface area contributed by atoms with Crippen LogP contribution in [0.5, 0.6) is 0 Å². The molecule has 4 N–H and O–H groups in total. The van der Waals surface area contributed by atoms with Crippen LogP contribution in [0.15, 0.2) is 66.7 Å². The van der Waals surface area contributed by atoms with Gasteiger partial charge in [0.1, 0.15) is 0 Å². The van der Waals surface area contributed by atoms with Gasteiger partial charge in [0.2, 0.25) is 11.8 Å². The first kappa shape index (κ1) is 27.3. The van der Waals surface area contributed by atoms with E-state index in [1.807, 2.05) is 86.7 Å². The van der Waals surface area contributed by atoms with Crippen molar-refractivity contribution in [2.45, 2.75) is 47.1 Å². The fourth-order valence-corrected chi connectivity index (χ4v) is 4.23. The van der Waals surface area contributed by atoms with E-state index in [4.69, 9.17) is 10.7 Å². The molecule has 1 unspecified atom stereocenters. The number of hydrogen-bond donors (Lipinski definition) is 3. The summed E-state index contributed by atoms with van der Waals surface area (Å²) >= 11 is 0. The molecular weight excluding hydrogens is 426 g/mol. The Morgan fingerprint density at radius 2 is 1.47 bits per heavy atom. The predicted molar refractivity (Wildman–Crippen MR) is 137 cm³/mol. The van der Waals surface area contributed by atoms with Gasteiger partial charge in [-0.2, -0.15) is 0 Å². The van der Waals surface area contributed by atoms with Gasteiger partial charge in [0.25, 0.3) is 0 Å². The molecule has 0 aliphatic carbocycles. The van der Waals surface area contributed by atoms with Crippen molar-refractivity contribution in [3.05, 3.63) is 77.9 Å². The van der Waals surface area contributed by atoms with Gasteiger partial charge in [-0.3, -0.25) is 19.9 Å². The first-order valence-corrected chi connectivity index (χ1v) is 12.0. The number of benzene rings is 2. The molecule has 0 saturated heterocycles. The zero-order valence-electron chi connectivity index (χ0n) is 20.7. The molecule has 0 aliphatic heterocycles. The number of rotatable bonds is 13. The third-order valence-corrected chi connectivity index (χ3v) is 5.74. The van der Waals surface area contributed by atoms with E-state index in [2.05, 4.69) is 24.8 Å². The summed E-state index contributed by atoms with van der Waals surface area (Å²) in [7, 11) is 0. The second kappa shape index (κ2) is 14.3. The number of nitrogens with one attached hydrogen (secondary N) is 2. The lowest BCUT2D eigenvalue weighted by Gasteiger charge is -2.32. The smallest absolute Gasteiger partial charge is 0.248 e. The average Bonchev–Trinajstić information content (AvgIpc) is 2.82. The SMILES string of the molecule is CC(C)CC(/C=C/c1ccccc1)[C@H](C(=O)NOCc1ccccc1)[C@@H](CC(C)C)C(=O)NN. The van der Waals surface area contributed by atoms with E-state index >= 15 is 0 Å². The first-order chi connectivity index (χ1) is 16.3. The molecule has 0 aromatic heterocycles. The Hall–Kier alpha value is -2.96. The van der Waals surface area contributed by atoms with Crippen LogP contribution in [0.25, 0.3) is 6.08 Å². The summed E-state index contributed by atoms with van der Waals surface area (Å²) in [5, 5.41) is 0. The van der Waals surface area contributed by atoms with Crippen LogP contribution in [0.2, 0.25) is 0 Å². The number of allylic oxidation sites excluding steroid dienone is 1. The zero-order chi connectivity index (χ0) is 24.9. The highest BCUT2D eigenvalue weighted by Gasteiger charge is 2.39.